The fraction of sp³-hybridized carbons (Fsp3) is 0.381. The number of ether oxygens (including phenoxy) is 1. The molecule has 28 heavy (non-hydrogen) atoms. The van der Waals surface area contributed by atoms with Crippen LogP contribution in [0.4, 0.5) is 5.00 Å². The molecule has 6 nitrogen and oxygen atoms in total. The SMILES string of the molecule is CCOC(=O)c1c(NC(=O)c2ccc(C)cc2)sc(C(=O)N(CC)CC)c1C. The minimum Gasteiger partial charge on any atom is -0.462 e. The summed E-state index contributed by atoms with van der Waals surface area (Å²) in [6, 6.07) is 7.13. The fourth-order valence-corrected chi connectivity index (χ4v) is 3.95. The third kappa shape index (κ3) is 4.59. The van der Waals surface area contributed by atoms with E-state index in [1.54, 1.807) is 30.9 Å². The molecule has 1 aromatic heterocycles. The van der Waals surface area contributed by atoms with Crippen LogP contribution in [0.15, 0.2) is 24.3 Å². The van der Waals surface area contributed by atoms with Crippen molar-refractivity contribution in [1.29, 1.82) is 0 Å². The van der Waals surface area contributed by atoms with Crippen molar-refractivity contribution in [3.05, 3.63) is 51.4 Å². The Hall–Kier alpha value is -2.67. The van der Waals surface area contributed by atoms with E-state index in [4.69, 9.17) is 4.74 Å². The van der Waals surface area contributed by atoms with Gasteiger partial charge in [0.1, 0.15) is 5.00 Å². The van der Waals surface area contributed by atoms with Crippen LogP contribution in [0.3, 0.4) is 0 Å². The number of esters is 1. The zero-order chi connectivity index (χ0) is 20.8. The van der Waals surface area contributed by atoms with Gasteiger partial charge in [0.25, 0.3) is 11.8 Å². The lowest BCUT2D eigenvalue weighted by Crippen LogP contribution is -2.30. The summed E-state index contributed by atoms with van der Waals surface area (Å²) in [5.41, 5.74) is 2.29. The van der Waals surface area contributed by atoms with Gasteiger partial charge in [-0.2, -0.15) is 0 Å². The summed E-state index contributed by atoms with van der Waals surface area (Å²) in [5, 5.41) is 3.12. The zero-order valence-electron chi connectivity index (χ0n) is 16.9. The molecule has 2 aromatic rings. The molecule has 0 atom stereocenters. The van der Waals surface area contributed by atoms with Crippen LogP contribution in [0, 0.1) is 13.8 Å². The predicted octanol–water partition coefficient (Wildman–Crippen LogP) is 4.28. The summed E-state index contributed by atoms with van der Waals surface area (Å²) in [6.45, 7) is 10.5. The second-order valence-corrected chi connectivity index (χ2v) is 7.30. The number of nitrogens with one attached hydrogen (secondary N) is 1. The molecule has 2 amide bonds. The van der Waals surface area contributed by atoms with Crippen molar-refractivity contribution in [3.63, 3.8) is 0 Å². The van der Waals surface area contributed by atoms with E-state index >= 15 is 0 Å². The van der Waals surface area contributed by atoms with Gasteiger partial charge in [-0.3, -0.25) is 9.59 Å². The van der Waals surface area contributed by atoms with Crippen molar-refractivity contribution in [1.82, 2.24) is 4.90 Å². The van der Waals surface area contributed by atoms with Gasteiger partial charge < -0.3 is 15.0 Å². The molecular weight excluding hydrogens is 376 g/mol. The highest BCUT2D eigenvalue weighted by atomic mass is 32.1. The normalized spacial score (nSPS) is 10.5. The summed E-state index contributed by atoms with van der Waals surface area (Å²) < 4.78 is 5.15. The number of rotatable bonds is 7. The van der Waals surface area contributed by atoms with Crippen LogP contribution in [0.5, 0.6) is 0 Å². The van der Waals surface area contributed by atoms with Crippen LogP contribution in [-0.2, 0) is 4.74 Å². The maximum Gasteiger partial charge on any atom is 0.341 e. The monoisotopic (exact) mass is 402 g/mol. The summed E-state index contributed by atoms with van der Waals surface area (Å²) >= 11 is 1.11. The van der Waals surface area contributed by atoms with E-state index in [9.17, 15) is 14.4 Å². The third-order valence-electron chi connectivity index (χ3n) is 4.41. The van der Waals surface area contributed by atoms with E-state index in [1.165, 1.54) is 0 Å². The van der Waals surface area contributed by atoms with Crippen LogP contribution in [0.2, 0.25) is 0 Å². The number of nitrogens with zero attached hydrogens (tertiary/aromatic N) is 1. The largest absolute Gasteiger partial charge is 0.462 e. The molecule has 0 saturated carbocycles. The highest BCUT2D eigenvalue weighted by Crippen LogP contribution is 2.35. The molecular formula is C21H26N2O4S. The first-order chi connectivity index (χ1) is 13.3. The predicted molar refractivity (Wildman–Crippen MR) is 111 cm³/mol. The minimum absolute atomic E-state index is 0.158. The van der Waals surface area contributed by atoms with Gasteiger partial charge in [-0.1, -0.05) is 17.7 Å². The van der Waals surface area contributed by atoms with E-state index < -0.39 is 5.97 Å². The Morgan fingerprint density at radius 1 is 1.04 bits per heavy atom. The number of hydrogen-bond donors (Lipinski definition) is 1. The van der Waals surface area contributed by atoms with Crippen LogP contribution < -0.4 is 5.32 Å². The number of carbonyl (C=O) groups excluding carboxylic acids is 3. The van der Waals surface area contributed by atoms with Gasteiger partial charge in [0.05, 0.1) is 17.0 Å². The Balaban J connectivity index is 2.44. The van der Waals surface area contributed by atoms with Gasteiger partial charge in [0.15, 0.2) is 0 Å². The fourth-order valence-electron chi connectivity index (χ4n) is 2.79. The van der Waals surface area contributed by atoms with Crippen molar-refractivity contribution < 1.29 is 19.1 Å². The van der Waals surface area contributed by atoms with Crippen molar-refractivity contribution in [3.8, 4) is 0 Å². The highest BCUT2D eigenvalue weighted by molar-refractivity contribution is 7.18. The Morgan fingerprint density at radius 3 is 2.18 bits per heavy atom. The van der Waals surface area contributed by atoms with Gasteiger partial charge in [0.2, 0.25) is 0 Å². The number of amides is 2. The Morgan fingerprint density at radius 2 is 1.64 bits per heavy atom. The van der Waals surface area contributed by atoms with Crippen LogP contribution in [-0.4, -0.2) is 42.4 Å². The first kappa shape index (κ1) is 21.6. The molecule has 1 aromatic carbocycles. The molecule has 0 bridgehead atoms. The van der Waals surface area contributed by atoms with Crippen LogP contribution >= 0.6 is 11.3 Å². The maximum absolute atomic E-state index is 12.8. The highest BCUT2D eigenvalue weighted by Gasteiger charge is 2.28. The second kappa shape index (κ2) is 9.50. The van der Waals surface area contributed by atoms with Crippen LogP contribution in [0.25, 0.3) is 0 Å². The van der Waals surface area contributed by atoms with E-state index in [2.05, 4.69) is 5.32 Å². The third-order valence-corrected chi connectivity index (χ3v) is 5.61. The lowest BCUT2D eigenvalue weighted by molar-refractivity contribution is 0.0527. The second-order valence-electron chi connectivity index (χ2n) is 6.28. The average molecular weight is 403 g/mol. The Bertz CT molecular complexity index is 867. The van der Waals surface area contributed by atoms with E-state index in [-0.39, 0.29) is 24.0 Å². The summed E-state index contributed by atoms with van der Waals surface area (Å²) in [5.74, 6) is -1.04. The smallest absolute Gasteiger partial charge is 0.341 e. The van der Waals surface area contributed by atoms with Crippen molar-refractivity contribution in [2.24, 2.45) is 0 Å². The van der Waals surface area contributed by atoms with Crippen molar-refractivity contribution in [2.45, 2.75) is 34.6 Å². The minimum atomic E-state index is -0.547. The number of carbonyl (C=O) groups is 3. The quantitative estimate of drug-likeness (QED) is 0.702. The molecule has 0 aliphatic carbocycles. The molecule has 1 N–H and O–H groups in total. The van der Waals surface area contributed by atoms with Gasteiger partial charge >= 0.3 is 5.97 Å². The zero-order valence-corrected chi connectivity index (χ0v) is 17.7. The maximum atomic E-state index is 12.8. The molecule has 0 unspecified atom stereocenters. The number of thiophene rings is 1. The molecule has 2 rings (SSSR count). The Kier molecular flexibility index (Phi) is 7.34. The summed E-state index contributed by atoms with van der Waals surface area (Å²) in [7, 11) is 0. The van der Waals surface area contributed by atoms with E-state index in [0.717, 1.165) is 16.9 Å². The molecule has 0 spiro atoms. The van der Waals surface area contributed by atoms with Crippen LogP contribution in [0.1, 0.15) is 62.3 Å². The molecule has 1 heterocycles. The molecule has 7 heteroatoms. The first-order valence-electron chi connectivity index (χ1n) is 9.31. The molecule has 0 fully saturated rings. The van der Waals surface area contributed by atoms with Gasteiger partial charge in [-0.05, 0) is 52.3 Å². The Labute approximate surface area is 169 Å². The van der Waals surface area contributed by atoms with Crippen molar-refractivity contribution in [2.75, 3.05) is 25.0 Å². The number of hydrogen-bond acceptors (Lipinski definition) is 5. The van der Waals surface area contributed by atoms with Gasteiger partial charge in [0, 0.05) is 18.7 Å². The lowest BCUT2D eigenvalue weighted by Gasteiger charge is -2.18. The standard InChI is InChI=1S/C21H26N2O4S/c1-6-23(7-2)20(25)17-14(5)16(21(26)27-8-3)19(28-17)22-18(24)15-11-9-13(4)10-12-15/h9-12H,6-8H2,1-5H3,(H,22,24). The van der Waals surface area contributed by atoms with Crippen molar-refractivity contribution >= 4 is 34.1 Å². The molecule has 150 valence electrons. The first-order valence-corrected chi connectivity index (χ1v) is 10.1. The summed E-state index contributed by atoms with van der Waals surface area (Å²) in [6.07, 6.45) is 0. The lowest BCUT2D eigenvalue weighted by atomic mass is 10.1. The molecule has 0 radical (unpaired) electrons. The molecule has 0 aliphatic rings. The average Bonchev–Trinajstić information content (AvgIpc) is 2.99. The number of aryl methyl sites for hydroxylation is 1. The van der Waals surface area contributed by atoms with Gasteiger partial charge in [-0.25, -0.2) is 4.79 Å². The van der Waals surface area contributed by atoms with Gasteiger partial charge in [-0.15, -0.1) is 11.3 Å². The van der Waals surface area contributed by atoms with E-state index in [0.29, 0.717) is 34.1 Å². The summed E-state index contributed by atoms with van der Waals surface area (Å²) in [4.78, 5) is 40.1. The number of benzene rings is 1. The molecule has 0 aliphatic heterocycles. The molecule has 0 saturated heterocycles. The van der Waals surface area contributed by atoms with E-state index in [1.807, 2.05) is 32.9 Å². The number of anilines is 1. The topological polar surface area (TPSA) is 75.7 Å².